The molecular weight excluding hydrogens is 368 g/mol. The summed E-state index contributed by atoms with van der Waals surface area (Å²) in [5.41, 5.74) is 1.86. The highest BCUT2D eigenvalue weighted by molar-refractivity contribution is 7.89. The van der Waals surface area contributed by atoms with Gasteiger partial charge in [-0.05, 0) is 42.7 Å². The maximum absolute atomic E-state index is 12.8. The number of benzene rings is 2. The van der Waals surface area contributed by atoms with E-state index in [1.807, 2.05) is 0 Å². The fraction of sp³-hybridized carbons (Fsp3) is 0.316. The SMILES string of the molecule is COc1cc(NCc2ccc(C(=O)O)cc2)ccc1S(=O)(=O)N1CCCC1. The van der Waals surface area contributed by atoms with Crippen LogP contribution in [0.25, 0.3) is 0 Å². The Hall–Kier alpha value is -2.58. The van der Waals surface area contributed by atoms with E-state index in [9.17, 15) is 13.2 Å². The van der Waals surface area contributed by atoms with E-state index in [0.717, 1.165) is 24.1 Å². The first-order valence-electron chi connectivity index (χ1n) is 8.66. The summed E-state index contributed by atoms with van der Waals surface area (Å²) < 4.78 is 32.3. The smallest absolute Gasteiger partial charge is 0.335 e. The fourth-order valence-corrected chi connectivity index (χ4v) is 4.68. The predicted molar refractivity (Wildman–Crippen MR) is 102 cm³/mol. The van der Waals surface area contributed by atoms with Gasteiger partial charge in [-0.25, -0.2) is 13.2 Å². The van der Waals surface area contributed by atoms with Gasteiger partial charge in [0.25, 0.3) is 0 Å². The van der Waals surface area contributed by atoms with Crippen LogP contribution in [-0.4, -0.2) is 44.0 Å². The number of methoxy groups -OCH3 is 1. The average Bonchev–Trinajstić information content (AvgIpc) is 3.22. The zero-order valence-corrected chi connectivity index (χ0v) is 15.8. The number of carbonyl (C=O) groups is 1. The third-order valence-corrected chi connectivity index (χ3v) is 6.48. The molecule has 0 saturated carbocycles. The molecule has 0 atom stereocenters. The van der Waals surface area contributed by atoms with Crippen LogP contribution in [0.15, 0.2) is 47.4 Å². The zero-order valence-electron chi connectivity index (χ0n) is 15.0. The molecule has 0 spiro atoms. The first-order valence-corrected chi connectivity index (χ1v) is 10.1. The third kappa shape index (κ3) is 4.23. The van der Waals surface area contributed by atoms with E-state index < -0.39 is 16.0 Å². The fourth-order valence-electron chi connectivity index (χ4n) is 3.03. The van der Waals surface area contributed by atoms with Gasteiger partial charge >= 0.3 is 5.97 Å². The second kappa shape index (κ2) is 7.98. The summed E-state index contributed by atoms with van der Waals surface area (Å²) in [6.07, 6.45) is 1.75. The molecule has 1 fully saturated rings. The van der Waals surface area contributed by atoms with Crippen LogP contribution >= 0.6 is 0 Å². The van der Waals surface area contributed by atoms with Crippen molar-refractivity contribution < 1.29 is 23.1 Å². The number of nitrogens with zero attached hydrogens (tertiary/aromatic N) is 1. The first kappa shape index (κ1) is 19.2. The summed E-state index contributed by atoms with van der Waals surface area (Å²) in [5, 5.41) is 12.1. The van der Waals surface area contributed by atoms with Crippen molar-refractivity contribution in [1.29, 1.82) is 0 Å². The van der Waals surface area contributed by atoms with Gasteiger partial charge in [-0.2, -0.15) is 4.31 Å². The normalized spacial score (nSPS) is 14.9. The van der Waals surface area contributed by atoms with Crippen LogP contribution in [0.3, 0.4) is 0 Å². The van der Waals surface area contributed by atoms with Gasteiger partial charge in [-0.1, -0.05) is 12.1 Å². The molecular formula is C19H22N2O5S. The number of ether oxygens (including phenoxy) is 1. The molecule has 7 nitrogen and oxygen atoms in total. The third-order valence-electron chi connectivity index (χ3n) is 4.54. The Balaban J connectivity index is 1.75. The van der Waals surface area contributed by atoms with Crippen molar-refractivity contribution in [3.05, 3.63) is 53.6 Å². The molecule has 0 amide bonds. The highest BCUT2D eigenvalue weighted by Gasteiger charge is 2.29. The molecule has 1 aliphatic rings. The minimum Gasteiger partial charge on any atom is -0.495 e. The minimum atomic E-state index is -3.55. The topological polar surface area (TPSA) is 95.9 Å². The number of nitrogens with one attached hydrogen (secondary N) is 1. The van der Waals surface area contributed by atoms with E-state index in [0.29, 0.717) is 25.4 Å². The average molecular weight is 390 g/mol. The molecule has 2 aromatic rings. The van der Waals surface area contributed by atoms with Gasteiger partial charge < -0.3 is 15.2 Å². The number of rotatable bonds is 7. The van der Waals surface area contributed by atoms with E-state index >= 15 is 0 Å². The molecule has 2 aromatic carbocycles. The Morgan fingerprint density at radius 3 is 2.41 bits per heavy atom. The van der Waals surface area contributed by atoms with Crippen molar-refractivity contribution in [2.75, 3.05) is 25.5 Å². The van der Waals surface area contributed by atoms with Gasteiger partial charge in [0.15, 0.2) is 0 Å². The molecule has 8 heteroatoms. The van der Waals surface area contributed by atoms with Crippen LogP contribution in [0.1, 0.15) is 28.8 Å². The largest absolute Gasteiger partial charge is 0.495 e. The van der Waals surface area contributed by atoms with E-state index in [4.69, 9.17) is 9.84 Å². The lowest BCUT2D eigenvalue weighted by Gasteiger charge is -2.18. The Kier molecular flexibility index (Phi) is 5.67. The maximum Gasteiger partial charge on any atom is 0.335 e. The van der Waals surface area contributed by atoms with Gasteiger partial charge in [-0.3, -0.25) is 0 Å². The molecule has 0 unspecified atom stereocenters. The lowest BCUT2D eigenvalue weighted by atomic mass is 10.1. The molecule has 144 valence electrons. The molecule has 1 saturated heterocycles. The summed E-state index contributed by atoms with van der Waals surface area (Å²) in [6.45, 7) is 1.55. The van der Waals surface area contributed by atoms with E-state index in [-0.39, 0.29) is 10.5 Å². The molecule has 0 bridgehead atoms. The highest BCUT2D eigenvalue weighted by atomic mass is 32.2. The highest BCUT2D eigenvalue weighted by Crippen LogP contribution is 2.31. The zero-order chi connectivity index (χ0) is 19.4. The van der Waals surface area contributed by atoms with Crippen molar-refractivity contribution in [2.24, 2.45) is 0 Å². The van der Waals surface area contributed by atoms with Crippen LogP contribution < -0.4 is 10.1 Å². The van der Waals surface area contributed by atoms with E-state index in [2.05, 4.69) is 5.32 Å². The molecule has 0 aliphatic carbocycles. The Bertz CT molecular complexity index is 920. The summed E-state index contributed by atoms with van der Waals surface area (Å²) in [6, 6.07) is 11.5. The molecule has 2 N–H and O–H groups in total. The van der Waals surface area contributed by atoms with E-state index in [1.54, 1.807) is 42.5 Å². The lowest BCUT2D eigenvalue weighted by molar-refractivity contribution is 0.0697. The first-order chi connectivity index (χ1) is 12.9. The van der Waals surface area contributed by atoms with Gasteiger partial charge in [0.05, 0.1) is 12.7 Å². The molecule has 0 radical (unpaired) electrons. The Morgan fingerprint density at radius 1 is 1.15 bits per heavy atom. The van der Waals surface area contributed by atoms with Crippen molar-refractivity contribution in [2.45, 2.75) is 24.3 Å². The van der Waals surface area contributed by atoms with Crippen molar-refractivity contribution >= 4 is 21.7 Å². The number of carboxylic acid groups (broad SMARTS) is 1. The number of sulfonamides is 1. The van der Waals surface area contributed by atoms with Crippen LogP contribution in [0.4, 0.5) is 5.69 Å². The van der Waals surface area contributed by atoms with Crippen molar-refractivity contribution in [3.63, 3.8) is 0 Å². The molecule has 27 heavy (non-hydrogen) atoms. The summed E-state index contributed by atoms with van der Waals surface area (Å²) in [5.74, 6) is -0.665. The Morgan fingerprint density at radius 2 is 1.81 bits per heavy atom. The second-order valence-electron chi connectivity index (χ2n) is 6.33. The van der Waals surface area contributed by atoms with Gasteiger partial charge in [0, 0.05) is 31.4 Å². The summed E-state index contributed by atoms with van der Waals surface area (Å²) >= 11 is 0. The van der Waals surface area contributed by atoms with Crippen molar-refractivity contribution in [1.82, 2.24) is 4.31 Å². The monoisotopic (exact) mass is 390 g/mol. The molecule has 1 aliphatic heterocycles. The lowest BCUT2D eigenvalue weighted by Crippen LogP contribution is -2.28. The van der Waals surface area contributed by atoms with Crippen LogP contribution in [0.5, 0.6) is 5.75 Å². The molecule has 3 rings (SSSR count). The van der Waals surface area contributed by atoms with Crippen molar-refractivity contribution in [3.8, 4) is 5.75 Å². The second-order valence-corrected chi connectivity index (χ2v) is 8.24. The summed E-state index contributed by atoms with van der Waals surface area (Å²) in [7, 11) is -2.10. The predicted octanol–water partition coefficient (Wildman–Crippen LogP) is 2.79. The molecule has 1 heterocycles. The number of hydrogen-bond acceptors (Lipinski definition) is 5. The van der Waals surface area contributed by atoms with Gasteiger partial charge in [0.2, 0.25) is 10.0 Å². The van der Waals surface area contributed by atoms with Crippen LogP contribution in [0.2, 0.25) is 0 Å². The number of carboxylic acids is 1. The molecule has 0 aromatic heterocycles. The maximum atomic E-state index is 12.8. The quantitative estimate of drug-likeness (QED) is 0.755. The van der Waals surface area contributed by atoms with E-state index in [1.165, 1.54) is 11.4 Å². The summed E-state index contributed by atoms with van der Waals surface area (Å²) in [4.78, 5) is 11.1. The van der Waals surface area contributed by atoms with Crippen LogP contribution in [-0.2, 0) is 16.6 Å². The Labute approximate surface area is 158 Å². The number of hydrogen-bond donors (Lipinski definition) is 2. The van der Waals surface area contributed by atoms with Gasteiger partial charge in [-0.15, -0.1) is 0 Å². The standard InChI is InChI=1S/C19H22N2O5S/c1-26-17-12-16(20-13-14-4-6-15(7-5-14)19(22)23)8-9-18(17)27(24,25)21-10-2-3-11-21/h4-9,12,20H,2-3,10-11,13H2,1H3,(H,22,23). The van der Waals surface area contributed by atoms with Gasteiger partial charge in [0.1, 0.15) is 10.6 Å². The van der Waals surface area contributed by atoms with Crippen LogP contribution in [0, 0.1) is 0 Å². The minimum absolute atomic E-state index is 0.170. The number of anilines is 1. The number of aromatic carboxylic acids is 1.